The fraction of sp³-hybridized carbons (Fsp3) is 0.500. The third kappa shape index (κ3) is 6.76. The number of anilines is 1. The summed E-state index contributed by atoms with van der Waals surface area (Å²) in [4.78, 5) is 39.1. The highest BCUT2D eigenvalue weighted by Crippen LogP contribution is 2.32. The number of hydrogen-bond donors (Lipinski definition) is 2. The smallest absolute Gasteiger partial charge is 0.418 e. The van der Waals surface area contributed by atoms with Gasteiger partial charge >= 0.3 is 18.1 Å². The van der Waals surface area contributed by atoms with E-state index in [1.54, 1.807) is 6.92 Å². The van der Waals surface area contributed by atoms with Crippen LogP contribution in [0, 0.1) is 0 Å². The number of nitrogen functional groups attached to an aromatic ring is 1. The molecule has 8 nitrogen and oxygen atoms in total. The zero-order chi connectivity index (χ0) is 20.6. The summed E-state index contributed by atoms with van der Waals surface area (Å²) in [5, 5.41) is 2.12. The van der Waals surface area contributed by atoms with E-state index in [2.05, 4.69) is 10.3 Å². The number of alkyl halides is 3. The summed E-state index contributed by atoms with van der Waals surface area (Å²) in [7, 11) is 0. The standard InChI is InChI=1S/C16H20F3N3O5/c1-3-26-12(23)6-5-11(15(25)27-4-2)22-14(24)13-10(16(17,18)19)7-9(20)8-21-13/h7-8,11H,3-6,20H2,1-2H3,(H,22,24). The molecule has 1 aromatic rings. The number of halogens is 3. The molecule has 1 heterocycles. The second kappa shape index (κ2) is 9.74. The minimum absolute atomic E-state index is 0.0153. The van der Waals surface area contributed by atoms with Gasteiger partial charge in [0.15, 0.2) is 0 Å². The molecule has 150 valence electrons. The van der Waals surface area contributed by atoms with Gasteiger partial charge in [-0.25, -0.2) is 9.78 Å². The van der Waals surface area contributed by atoms with Crippen molar-refractivity contribution in [2.24, 2.45) is 0 Å². The Morgan fingerprint density at radius 2 is 1.85 bits per heavy atom. The van der Waals surface area contributed by atoms with Gasteiger partial charge < -0.3 is 20.5 Å². The van der Waals surface area contributed by atoms with E-state index in [1.807, 2.05) is 0 Å². The molecule has 3 N–H and O–H groups in total. The van der Waals surface area contributed by atoms with Gasteiger partial charge in [-0.15, -0.1) is 0 Å². The number of carbonyl (C=O) groups is 3. The number of hydrogen-bond acceptors (Lipinski definition) is 7. The van der Waals surface area contributed by atoms with Gasteiger partial charge in [-0.3, -0.25) is 9.59 Å². The topological polar surface area (TPSA) is 121 Å². The first-order valence-electron chi connectivity index (χ1n) is 8.05. The van der Waals surface area contributed by atoms with Gasteiger partial charge in [0.05, 0.1) is 30.7 Å². The molecule has 27 heavy (non-hydrogen) atoms. The Morgan fingerprint density at radius 1 is 1.22 bits per heavy atom. The number of aromatic nitrogens is 1. The Hall–Kier alpha value is -2.85. The highest BCUT2D eigenvalue weighted by molar-refractivity contribution is 5.96. The molecular formula is C16H20F3N3O5. The highest BCUT2D eigenvalue weighted by atomic mass is 19.4. The van der Waals surface area contributed by atoms with E-state index in [-0.39, 0.29) is 31.7 Å². The molecule has 0 saturated carbocycles. The molecule has 0 saturated heterocycles. The molecular weight excluding hydrogens is 371 g/mol. The Bertz CT molecular complexity index is 694. The van der Waals surface area contributed by atoms with Crippen LogP contribution in [0.25, 0.3) is 0 Å². The number of rotatable bonds is 8. The number of nitrogens with two attached hydrogens (primary N) is 1. The van der Waals surface area contributed by atoms with Crippen molar-refractivity contribution in [2.45, 2.75) is 38.9 Å². The maximum absolute atomic E-state index is 13.1. The van der Waals surface area contributed by atoms with Crippen LogP contribution in [0.15, 0.2) is 12.3 Å². The first-order valence-corrected chi connectivity index (χ1v) is 8.05. The summed E-state index contributed by atoms with van der Waals surface area (Å²) in [6, 6.07) is -0.776. The molecule has 0 aliphatic carbocycles. The van der Waals surface area contributed by atoms with Gasteiger partial charge in [0.25, 0.3) is 5.91 Å². The number of carbonyl (C=O) groups excluding carboxylic acids is 3. The summed E-state index contributed by atoms with van der Waals surface area (Å²) >= 11 is 0. The van der Waals surface area contributed by atoms with Crippen LogP contribution in [0.5, 0.6) is 0 Å². The van der Waals surface area contributed by atoms with Crippen molar-refractivity contribution in [2.75, 3.05) is 18.9 Å². The van der Waals surface area contributed by atoms with Crippen LogP contribution >= 0.6 is 0 Å². The maximum atomic E-state index is 13.1. The first kappa shape index (κ1) is 22.2. The molecule has 0 fully saturated rings. The Labute approximate surface area is 153 Å². The Kier molecular flexibility index (Phi) is 8.00. The quantitative estimate of drug-likeness (QED) is 0.647. The molecule has 1 amide bonds. The first-order chi connectivity index (χ1) is 12.6. The lowest BCUT2D eigenvalue weighted by Gasteiger charge is -2.18. The summed E-state index contributed by atoms with van der Waals surface area (Å²) in [5.74, 6) is -2.76. The fourth-order valence-electron chi connectivity index (χ4n) is 2.09. The average molecular weight is 391 g/mol. The number of nitrogens with one attached hydrogen (secondary N) is 1. The predicted octanol–water partition coefficient (Wildman–Crippen LogP) is 1.69. The van der Waals surface area contributed by atoms with Crippen LogP contribution in [0.4, 0.5) is 18.9 Å². The van der Waals surface area contributed by atoms with Gasteiger partial charge in [-0.1, -0.05) is 0 Å². The zero-order valence-electron chi connectivity index (χ0n) is 14.8. The second-order valence-corrected chi connectivity index (χ2v) is 5.28. The molecule has 1 unspecified atom stereocenters. The van der Waals surface area contributed by atoms with E-state index in [9.17, 15) is 27.6 Å². The van der Waals surface area contributed by atoms with E-state index in [0.29, 0.717) is 6.07 Å². The Balaban J connectivity index is 3.02. The summed E-state index contributed by atoms with van der Waals surface area (Å²) in [6.45, 7) is 3.22. The normalized spacial score (nSPS) is 12.2. The van der Waals surface area contributed by atoms with Crippen molar-refractivity contribution in [1.82, 2.24) is 10.3 Å². The van der Waals surface area contributed by atoms with Gasteiger partial charge in [0.1, 0.15) is 11.7 Å². The number of ether oxygens (including phenoxy) is 2. The van der Waals surface area contributed by atoms with Gasteiger partial charge in [0.2, 0.25) is 0 Å². The minimum atomic E-state index is -4.88. The van der Waals surface area contributed by atoms with Crippen molar-refractivity contribution in [3.05, 3.63) is 23.5 Å². The van der Waals surface area contributed by atoms with Gasteiger partial charge in [-0.2, -0.15) is 13.2 Å². The van der Waals surface area contributed by atoms with Crippen molar-refractivity contribution in [3.63, 3.8) is 0 Å². The second-order valence-electron chi connectivity index (χ2n) is 5.28. The fourth-order valence-corrected chi connectivity index (χ4v) is 2.09. The minimum Gasteiger partial charge on any atom is -0.466 e. The summed E-state index contributed by atoms with van der Waals surface area (Å²) < 4.78 is 48.8. The molecule has 0 aliphatic heterocycles. The number of pyridine rings is 1. The molecule has 11 heteroatoms. The van der Waals surface area contributed by atoms with Crippen molar-refractivity contribution < 1.29 is 37.0 Å². The van der Waals surface area contributed by atoms with Crippen LogP contribution in [0.1, 0.15) is 42.7 Å². The van der Waals surface area contributed by atoms with Crippen LogP contribution in [-0.2, 0) is 25.2 Å². The molecule has 1 atom stereocenters. The molecule has 0 aliphatic rings. The van der Waals surface area contributed by atoms with Crippen LogP contribution in [0.3, 0.4) is 0 Å². The Morgan fingerprint density at radius 3 is 2.41 bits per heavy atom. The summed E-state index contributed by atoms with van der Waals surface area (Å²) in [5.41, 5.74) is 2.75. The van der Waals surface area contributed by atoms with Crippen LogP contribution < -0.4 is 11.1 Å². The molecule has 1 aromatic heterocycles. The maximum Gasteiger partial charge on any atom is 0.418 e. The molecule has 0 radical (unpaired) electrons. The number of esters is 2. The average Bonchev–Trinajstić information content (AvgIpc) is 2.57. The zero-order valence-corrected chi connectivity index (χ0v) is 14.8. The summed E-state index contributed by atoms with van der Waals surface area (Å²) in [6.07, 6.45) is -4.43. The molecule has 0 aromatic carbocycles. The van der Waals surface area contributed by atoms with E-state index in [0.717, 1.165) is 6.20 Å². The van der Waals surface area contributed by atoms with E-state index in [4.69, 9.17) is 15.2 Å². The van der Waals surface area contributed by atoms with E-state index >= 15 is 0 Å². The number of nitrogens with zero attached hydrogens (tertiary/aromatic N) is 1. The molecule has 1 rings (SSSR count). The lowest BCUT2D eigenvalue weighted by Crippen LogP contribution is -2.43. The third-order valence-corrected chi connectivity index (χ3v) is 3.25. The van der Waals surface area contributed by atoms with Gasteiger partial charge in [-0.05, 0) is 26.3 Å². The molecule has 0 spiro atoms. The van der Waals surface area contributed by atoms with Crippen molar-refractivity contribution >= 4 is 23.5 Å². The monoisotopic (exact) mass is 391 g/mol. The van der Waals surface area contributed by atoms with E-state index in [1.165, 1.54) is 6.92 Å². The highest BCUT2D eigenvalue weighted by Gasteiger charge is 2.37. The lowest BCUT2D eigenvalue weighted by atomic mass is 10.1. The van der Waals surface area contributed by atoms with Crippen molar-refractivity contribution in [1.29, 1.82) is 0 Å². The predicted molar refractivity (Wildman–Crippen MR) is 87.4 cm³/mol. The number of amides is 1. The molecule has 0 bridgehead atoms. The van der Waals surface area contributed by atoms with Crippen LogP contribution in [-0.4, -0.2) is 42.1 Å². The van der Waals surface area contributed by atoms with E-state index < -0.39 is 41.3 Å². The largest absolute Gasteiger partial charge is 0.466 e. The lowest BCUT2D eigenvalue weighted by molar-refractivity contribution is -0.146. The van der Waals surface area contributed by atoms with Gasteiger partial charge in [0, 0.05) is 6.42 Å². The SMILES string of the molecule is CCOC(=O)CCC(NC(=O)c1ncc(N)cc1C(F)(F)F)C(=O)OCC. The third-order valence-electron chi connectivity index (χ3n) is 3.25. The van der Waals surface area contributed by atoms with Crippen LogP contribution in [0.2, 0.25) is 0 Å². The van der Waals surface area contributed by atoms with Crippen molar-refractivity contribution in [3.8, 4) is 0 Å².